The third kappa shape index (κ3) is 2.47. The molecule has 90 valence electrons. The predicted molar refractivity (Wildman–Crippen MR) is 70.8 cm³/mol. The van der Waals surface area contributed by atoms with Gasteiger partial charge in [-0.25, -0.2) is 0 Å². The van der Waals surface area contributed by atoms with Crippen molar-refractivity contribution in [1.29, 1.82) is 0 Å². The largest absolute Gasteiger partial charge is 0.385 e. The van der Waals surface area contributed by atoms with E-state index in [2.05, 4.69) is 18.8 Å². The van der Waals surface area contributed by atoms with Crippen molar-refractivity contribution in [3.63, 3.8) is 0 Å². The van der Waals surface area contributed by atoms with E-state index in [0.29, 0.717) is 5.92 Å². The third-order valence-corrected chi connectivity index (χ3v) is 3.05. The summed E-state index contributed by atoms with van der Waals surface area (Å²) in [6, 6.07) is 8.06. The van der Waals surface area contributed by atoms with Crippen LogP contribution in [0.2, 0.25) is 0 Å². The van der Waals surface area contributed by atoms with Crippen molar-refractivity contribution in [2.45, 2.75) is 32.8 Å². The first kappa shape index (κ1) is 12.1. The van der Waals surface area contributed by atoms with E-state index in [4.69, 9.17) is 0 Å². The first-order valence-electron chi connectivity index (χ1n) is 6.06. The SMILES string of the molecule is CC(C)CC(C)(O)c1cncc2ccccc12. The van der Waals surface area contributed by atoms with Crippen LogP contribution >= 0.6 is 0 Å². The maximum absolute atomic E-state index is 10.6. The van der Waals surface area contributed by atoms with Crippen LogP contribution in [0.5, 0.6) is 0 Å². The minimum absolute atomic E-state index is 0.448. The molecule has 0 radical (unpaired) electrons. The molecule has 1 aromatic carbocycles. The summed E-state index contributed by atoms with van der Waals surface area (Å²) in [5, 5.41) is 12.8. The van der Waals surface area contributed by atoms with E-state index < -0.39 is 5.60 Å². The van der Waals surface area contributed by atoms with Crippen molar-refractivity contribution < 1.29 is 5.11 Å². The average Bonchev–Trinajstić information content (AvgIpc) is 2.26. The zero-order valence-electron chi connectivity index (χ0n) is 10.6. The van der Waals surface area contributed by atoms with Gasteiger partial charge in [0, 0.05) is 23.3 Å². The van der Waals surface area contributed by atoms with Crippen LogP contribution in [0.1, 0.15) is 32.8 Å². The summed E-state index contributed by atoms with van der Waals surface area (Å²) >= 11 is 0. The molecule has 0 saturated heterocycles. The van der Waals surface area contributed by atoms with Crippen molar-refractivity contribution >= 4 is 10.8 Å². The van der Waals surface area contributed by atoms with Crippen LogP contribution in [-0.2, 0) is 5.60 Å². The van der Waals surface area contributed by atoms with E-state index in [1.807, 2.05) is 37.4 Å². The second kappa shape index (κ2) is 4.46. The molecule has 1 atom stereocenters. The van der Waals surface area contributed by atoms with Gasteiger partial charge >= 0.3 is 0 Å². The molecule has 0 fully saturated rings. The molecule has 2 rings (SSSR count). The molecular formula is C15H19NO. The highest BCUT2D eigenvalue weighted by atomic mass is 16.3. The van der Waals surface area contributed by atoms with E-state index in [1.165, 1.54) is 0 Å². The molecule has 0 aliphatic heterocycles. The first-order valence-corrected chi connectivity index (χ1v) is 6.06. The summed E-state index contributed by atoms with van der Waals surface area (Å²) in [5.41, 5.74) is 0.103. The maximum Gasteiger partial charge on any atom is 0.0891 e. The van der Waals surface area contributed by atoms with Crippen LogP contribution in [0.3, 0.4) is 0 Å². The van der Waals surface area contributed by atoms with Crippen LogP contribution in [0.4, 0.5) is 0 Å². The number of rotatable bonds is 3. The molecule has 2 heteroatoms. The molecule has 0 spiro atoms. The fourth-order valence-electron chi connectivity index (χ4n) is 2.45. The quantitative estimate of drug-likeness (QED) is 0.874. The van der Waals surface area contributed by atoms with E-state index in [1.54, 1.807) is 6.20 Å². The molecule has 2 aromatic rings. The fraction of sp³-hybridized carbons (Fsp3) is 0.400. The van der Waals surface area contributed by atoms with E-state index in [-0.39, 0.29) is 0 Å². The smallest absolute Gasteiger partial charge is 0.0891 e. The van der Waals surface area contributed by atoms with Gasteiger partial charge in [0.1, 0.15) is 0 Å². The Morgan fingerprint density at radius 2 is 1.94 bits per heavy atom. The van der Waals surface area contributed by atoms with Crippen molar-refractivity contribution in [1.82, 2.24) is 4.98 Å². The summed E-state index contributed by atoms with van der Waals surface area (Å²) in [4.78, 5) is 4.23. The predicted octanol–water partition coefficient (Wildman–Crippen LogP) is 3.49. The van der Waals surface area contributed by atoms with E-state index in [0.717, 1.165) is 22.8 Å². The Morgan fingerprint density at radius 3 is 2.65 bits per heavy atom. The van der Waals surface area contributed by atoms with Gasteiger partial charge < -0.3 is 5.11 Å². The highest BCUT2D eigenvalue weighted by Crippen LogP contribution is 2.32. The molecule has 17 heavy (non-hydrogen) atoms. The third-order valence-electron chi connectivity index (χ3n) is 3.05. The van der Waals surface area contributed by atoms with Crippen LogP contribution < -0.4 is 0 Å². The number of benzene rings is 1. The Hall–Kier alpha value is -1.41. The van der Waals surface area contributed by atoms with Crippen LogP contribution in [0.15, 0.2) is 36.7 Å². The highest BCUT2D eigenvalue weighted by molar-refractivity contribution is 5.85. The summed E-state index contributed by atoms with van der Waals surface area (Å²) in [6.07, 6.45) is 4.36. The maximum atomic E-state index is 10.6. The molecule has 0 saturated carbocycles. The zero-order chi connectivity index (χ0) is 12.5. The normalized spacial score (nSPS) is 15.1. The van der Waals surface area contributed by atoms with E-state index in [9.17, 15) is 5.11 Å². The van der Waals surface area contributed by atoms with E-state index >= 15 is 0 Å². The van der Waals surface area contributed by atoms with Gasteiger partial charge in [-0.15, -0.1) is 0 Å². The van der Waals surface area contributed by atoms with Gasteiger partial charge in [-0.3, -0.25) is 4.98 Å². The Kier molecular flexibility index (Phi) is 3.16. The lowest BCUT2D eigenvalue weighted by Gasteiger charge is -2.26. The van der Waals surface area contributed by atoms with Gasteiger partial charge in [-0.2, -0.15) is 0 Å². The number of hydrogen-bond donors (Lipinski definition) is 1. The zero-order valence-corrected chi connectivity index (χ0v) is 10.6. The number of pyridine rings is 1. The van der Waals surface area contributed by atoms with Gasteiger partial charge in [0.2, 0.25) is 0 Å². The molecule has 0 bridgehead atoms. The Bertz CT molecular complexity index is 512. The number of aliphatic hydroxyl groups is 1. The summed E-state index contributed by atoms with van der Waals surface area (Å²) in [5.74, 6) is 0.448. The summed E-state index contributed by atoms with van der Waals surface area (Å²) in [7, 11) is 0. The van der Waals surface area contributed by atoms with Crippen molar-refractivity contribution in [3.05, 3.63) is 42.2 Å². The minimum atomic E-state index is -0.817. The Labute approximate surface area is 102 Å². The lowest BCUT2D eigenvalue weighted by Crippen LogP contribution is -2.24. The standard InChI is InChI=1S/C15H19NO/c1-11(2)8-15(3,17)14-10-16-9-12-6-4-5-7-13(12)14/h4-7,9-11,17H,8H2,1-3H3. The number of fused-ring (bicyclic) bond motifs is 1. The molecule has 0 amide bonds. The number of aromatic nitrogens is 1. The van der Waals surface area contributed by atoms with Crippen LogP contribution in [0.25, 0.3) is 10.8 Å². The Morgan fingerprint density at radius 1 is 1.24 bits per heavy atom. The lowest BCUT2D eigenvalue weighted by molar-refractivity contribution is 0.0360. The monoisotopic (exact) mass is 229 g/mol. The van der Waals surface area contributed by atoms with Gasteiger partial charge in [-0.05, 0) is 24.6 Å². The molecule has 0 aliphatic carbocycles. The van der Waals surface area contributed by atoms with Crippen molar-refractivity contribution in [3.8, 4) is 0 Å². The minimum Gasteiger partial charge on any atom is -0.385 e. The molecule has 2 nitrogen and oxygen atoms in total. The van der Waals surface area contributed by atoms with Gasteiger partial charge in [-0.1, -0.05) is 38.1 Å². The number of hydrogen-bond acceptors (Lipinski definition) is 2. The fourth-order valence-corrected chi connectivity index (χ4v) is 2.45. The van der Waals surface area contributed by atoms with Gasteiger partial charge in [0.15, 0.2) is 0 Å². The molecule has 1 N–H and O–H groups in total. The summed E-state index contributed by atoms with van der Waals surface area (Å²) in [6.45, 7) is 6.11. The number of nitrogens with zero attached hydrogens (tertiary/aromatic N) is 1. The van der Waals surface area contributed by atoms with Crippen LogP contribution in [-0.4, -0.2) is 10.1 Å². The molecule has 1 heterocycles. The second-order valence-corrected chi connectivity index (χ2v) is 5.28. The first-order chi connectivity index (χ1) is 8.00. The second-order valence-electron chi connectivity index (χ2n) is 5.28. The van der Waals surface area contributed by atoms with Gasteiger partial charge in [0.05, 0.1) is 5.60 Å². The Balaban J connectivity index is 2.55. The van der Waals surface area contributed by atoms with Crippen molar-refractivity contribution in [2.75, 3.05) is 0 Å². The molecule has 1 aromatic heterocycles. The average molecular weight is 229 g/mol. The lowest BCUT2D eigenvalue weighted by atomic mass is 9.86. The molecular weight excluding hydrogens is 210 g/mol. The highest BCUT2D eigenvalue weighted by Gasteiger charge is 2.26. The summed E-state index contributed by atoms with van der Waals surface area (Å²) < 4.78 is 0. The van der Waals surface area contributed by atoms with Crippen LogP contribution in [0, 0.1) is 5.92 Å². The van der Waals surface area contributed by atoms with Crippen molar-refractivity contribution in [2.24, 2.45) is 5.92 Å². The molecule has 1 unspecified atom stereocenters. The van der Waals surface area contributed by atoms with Gasteiger partial charge in [0.25, 0.3) is 0 Å². The topological polar surface area (TPSA) is 33.1 Å². The molecule has 0 aliphatic rings.